The van der Waals surface area contributed by atoms with Gasteiger partial charge in [0.05, 0.1) is 4.90 Å². The Balaban J connectivity index is 1.34. The van der Waals surface area contributed by atoms with Gasteiger partial charge in [0.1, 0.15) is 6.10 Å². The number of sulfonamides is 1. The molecular weight excluding hydrogens is 454 g/mol. The lowest BCUT2D eigenvalue weighted by atomic mass is 9.96. The fourth-order valence-corrected chi connectivity index (χ4v) is 7.47. The molecule has 3 saturated heterocycles. The molecule has 0 bridgehead atoms. The molecule has 1 aromatic rings. The van der Waals surface area contributed by atoms with Crippen LogP contribution in [0.2, 0.25) is 0 Å². The molecule has 3 aliphatic heterocycles. The molecule has 2 amide bonds. The third-order valence-electron chi connectivity index (χ3n) is 7.81. The van der Waals surface area contributed by atoms with Gasteiger partial charge in [-0.1, -0.05) is 6.07 Å². The standard InChI is InChI=1S/C25H37N3O5S/c1-17-16-18(2)20(4)23(19(17)3)34(31,32)28-9-7-21(8-10-28)24(29)26-11-13-27(14-12-26)25(30)22-6-5-15-33-22/h16,21-22H,5-15H2,1-4H3. The van der Waals surface area contributed by atoms with Crippen LogP contribution < -0.4 is 0 Å². The smallest absolute Gasteiger partial charge is 0.251 e. The number of rotatable bonds is 4. The highest BCUT2D eigenvalue weighted by molar-refractivity contribution is 7.89. The first kappa shape index (κ1) is 25.1. The van der Waals surface area contributed by atoms with E-state index >= 15 is 0 Å². The Morgan fingerprint density at radius 3 is 1.85 bits per heavy atom. The highest BCUT2D eigenvalue weighted by Crippen LogP contribution is 2.31. The molecule has 0 aliphatic carbocycles. The lowest BCUT2D eigenvalue weighted by Gasteiger charge is -2.39. The van der Waals surface area contributed by atoms with E-state index in [1.165, 1.54) is 0 Å². The number of hydrogen-bond donors (Lipinski definition) is 0. The quantitative estimate of drug-likeness (QED) is 0.644. The number of piperazine rings is 1. The second kappa shape index (κ2) is 9.95. The summed E-state index contributed by atoms with van der Waals surface area (Å²) in [6, 6.07) is 2.03. The highest BCUT2D eigenvalue weighted by Gasteiger charge is 2.37. The van der Waals surface area contributed by atoms with E-state index in [1.807, 2.05) is 43.6 Å². The maximum Gasteiger partial charge on any atom is 0.251 e. The first-order valence-electron chi connectivity index (χ1n) is 12.4. The predicted molar refractivity (Wildman–Crippen MR) is 129 cm³/mol. The molecule has 8 nitrogen and oxygen atoms in total. The fourth-order valence-electron chi connectivity index (χ4n) is 5.42. The van der Waals surface area contributed by atoms with Gasteiger partial charge in [-0.2, -0.15) is 4.31 Å². The van der Waals surface area contributed by atoms with Gasteiger partial charge in [0.25, 0.3) is 5.91 Å². The van der Waals surface area contributed by atoms with E-state index in [9.17, 15) is 18.0 Å². The molecule has 34 heavy (non-hydrogen) atoms. The van der Waals surface area contributed by atoms with Gasteiger partial charge in [-0.05, 0) is 75.6 Å². The maximum absolute atomic E-state index is 13.5. The number of carbonyl (C=O) groups is 2. The molecule has 4 rings (SSSR count). The van der Waals surface area contributed by atoms with Crippen LogP contribution in [-0.2, 0) is 24.3 Å². The number of benzene rings is 1. The van der Waals surface area contributed by atoms with Crippen molar-refractivity contribution in [2.45, 2.75) is 64.4 Å². The number of piperidine rings is 1. The second-order valence-electron chi connectivity index (χ2n) is 9.92. The molecule has 3 heterocycles. The van der Waals surface area contributed by atoms with Gasteiger partial charge >= 0.3 is 0 Å². The molecule has 1 unspecified atom stereocenters. The largest absolute Gasteiger partial charge is 0.368 e. The van der Waals surface area contributed by atoms with Crippen LogP contribution >= 0.6 is 0 Å². The van der Waals surface area contributed by atoms with Crippen LogP contribution in [0.1, 0.15) is 47.9 Å². The minimum absolute atomic E-state index is 0.0417. The van der Waals surface area contributed by atoms with Gasteiger partial charge in [0.15, 0.2) is 0 Å². The molecule has 1 aromatic carbocycles. The van der Waals surface area contributed by atoms with Gasteiger partial charge in [-0.25, -0.2) is 8.42 Å². The van der Waals surface area contributed by atoms with E-state index in [1.54, 1.807) is 4.31 Å². The maximum atomic E-state index is 13.5. The zero-order chi connectivity index (χ0) is 24.6. The summed E-state index contributed by atoms with van der Waals surface area (Å²) in [7, 11) is -3.61. The van der Waals surface area contributed by atoms with Crippen LogP contribution in [-0.4, -0.2) is 86.3 Å². The normalized spacial score (nSPS) is 22.9. The zero-order valence-corrected chi connectivity index (χ0v) is 21.6. The Kier molecular flexibility index (Phi) is 7.36. The van der Waals surface area contributed by atoms with E-state index in [0.717, 1.165) is 35.1 Å². The molecule has 1 atom stereocenters. The van der Waals surface area contributed by atoms with Crippen molar-refractivity contribution in [3.63, 3.8) is 0 Å². The Hall–Kier alpha value is -1.97. The van der Waals surface area contributed by atoms with Crippen molar-refractivity contribution < 1.29 is 22.7 Å². The number of nitrogens with zero attached hydrogens (tertiary/aromatic N) is 3. The molecule has 0 radical (unpaired) electrons. The molecule has 0 spiro atoms. The lowest BCUT2D eigenvalue weighted by molar-refractivity contribution is -0.147. The van der Waals surface area contributed by atoms with Crippen LogP contribution in [0.15, 0.2) is 11.0 Å². The van der Waals surface area contributed by atoms with Crippen LogP contribution in [0.5, 0.6) is 0 Å². The summed E-state index contributed by atoms with van der Waals surface area (Å²) < 4.78 is 34.1. The molecule has 3 fully saturated rings. The third kappa shape index (κ3) is 4.75. The second-order valence-corrected chi connectivity index (χ2v) is 11.8. The predicted octanol–water partition coefficient (Wildman–Crippen LogP) is 2.17. The van der Waals surface area contributed by atoms with E-state index in [0.29, 0.717) is 63.6 Å². The van der Waals surface area contributed by atoms with Gasteiger partial charge in [-0.3, -0.25) is 9.59 Å². The zero-order valence-electron chi connectivity index (χ0n) is 20.8. The first-order chi connectivity index (χ1) is 16.1. The number of hydrogen-bond acceptors (Lipinski definition) is 5. The Bertz CT molecular complexity index is 1020. The average molecular weight is 492 g/mol. The topological polar surface area (TPSA) is 87.2 Å². The Labute approximate surface area is 203 Å². The van der Waals surface area contributed by atoms with E-state index < -0.39 is 10.0 Å². The molecule has 9 heteroatoms. The van der Waals surface area contributed by atoms with Crippen molar-refractivity contribution in [2.75, 3.05) is 45.9 Å². The Morgan fingerprint density at radius 2 is 1.35 bits per heavy atom. The summed E-state index contributed by atoms with van der Waals surface area (Å²) in [6.45, 7) is 11.1. The third-order valence-corrected chi connectivity index (χ3v) is 9.98. The van der Waals surface area contributed by atoms with Gasteiger partial charge in [0, 0.05) is 51.8 Å². The minimum atomic E-state index is -3.61. The molecule has 0 N–H and O–H groups in total. The number of amides is 2. The van der Waals surface area contributed by atoms with Gasteiger partial charge in [0.2, 0.25) is 15.9 Å². The minimum Gasteiger partial charge on any atom is -0.368 e. The summed E-state index contributed by atoms with van der Waals surface area (Å²) in [4.78, 5) is 29.8. The fraction of sp³-hybridized carbons (Fsp3) is 0.680. The average Bonchev–Trinajstić information content (AvgIpc) is 3.37. The van der Waals surface area contributed by atoms with Crippen molar-refractivity contribution >= 4 is 21.8 Å². The van der Waals surface area contributed by atoms with E-state index in [-0.39, 0.29) is 23.8 Å². The summed E-state index contributed by atoms with van der Waals surface area (Å²) in [5.41, 5.74) is 3.56. The molecule has 188 valence electrons. The molecular formula is C25H37N3O5S. The van der Waals surface area contributed by atoms with E-state index in [4.69, 9.17) is 4.74 Å². The Morgan fingerprint density at radius 1 is 0.824 bits per heavy atom. The SMILES string of the molecule is Cc1cc(C)c(C)c(S(=O)(=O)N2CCC(C(=O)N3CCN(C(=O)C4CCCO4)CC3)CC2)c1C. The van der Waals surface area contributed by atoms with Crippen LogP contribution in [0.3, 0.4) is 0 Å². The van der Waals surface area contributed by atoms with Crippen LogP contribution in [0.4, 0.5) is 0 Å². The van der Waals surface area contributed by atoms with Crippen molar-refractivity contribution in [3.8, 4) is 0 Å². The summed E-state index contributed by atoms with van der Waals surface area (Å²) >= 11 is 0. The summed E-state index contributed by atoms with van der Waals surface area (Å²) in [5.74, 6) is -0.0478. The monoisotopic (exact) mass is 491 g/mol. The lowest BCUT2D eigenvalue weighted by Crippen LogP contribution is -2.54. The van der Waals surface area contributed by atoms with E-state index in [2.05, 4.69) is 0 Å². The molecule has 0 saturated carbocycles. The van der Waals surface area contributed by atoms with Crippen LogP contribution in [0.25, 0.3) is 0 Å². The van der Waals surface area contributed by atoms with Gasteiger partial charge < -0.3 is 14.5 Å². The highest BCUT2D eigenvalue weighted by atomic mass is 32.2. The van der Waals surface area contributed by atoms with Gasteiger partial charge in [-0.15, -0.1) is 0 Å². The first-order valence-corrected chi connectivity index (χ1v) is 13.8. The summed E-state index contributed by atoms with van der Waals surface area (Å²) in [6.07, 6.45) is 2.43. The van der Waals surface area contributed by atoms with Crippen molar-refractivity contribution in [1.29, 1.82) is 0 Å². The number of carbonyl (C=O) groups excluding carboxylic acids is 2. The molecule has 0 aromatic heterocycles. The molecule has 3 aliphatic rings. The number of ether oxygens (including phenoxy) is 1. The van der Waals surface area contributed by atoms with Crippen molar-refractivity contribution in [1.82, 2.24) is 14.1 Å². The number of aryl methyl sites for hydroxylation is 2. The van der Waals surface area contributed by atoms with Crippen molar-refractivity contribution in [2.24, 2.45) is 5.92 Å². The van der Waals surface area contributed by atoms with Crippen molar-refractivity contribution in [3.05, 3.63) is 28.3 Å². The van der Waals surface area contributed by atoms with Crippen LogP contribution in [0, 0.1) is 33.6 Å². The summed E-state index contributed by atoms with van der Waals surface area (Å²) in [5, 5.41) is 0.